The first-order valence-electron chi connectivity index (χ1n) is 7.86. The average Bonchev–Trinajstić information content (AvgIpc) is 2.90. The van der Waals surface area contributed by atoms with Gasteiger partial charge in [-0.1, -0.05) is 30.3 Å². The molecule has 0 spiro atoms. The summed E-state index contributed by atoms with van der Waals surface area (Å²) in [6, 6.07) is 15.8. The first-order valence-corrected chi connectivity index (χ1v) is 7.86. The zero-order chi connectivity index (χ0) is 14.2. The maximum absolute atomic E-state index is 6.04. The molecule has 0 saturated heterocycles. The van der Waals surface area contributed by atoms with Crippen LogP contribution in [0, 0.1) is 0 Å². The van der Waals surface area contributed by atoms with Crippen molar-refractivity contribution < 1.29 is 4.74 Å². The standard InChI is InChI=1S/C19H21NO/c1-20-19-9-6-14-11-16(7-8-18(14)19)21-12-15-10-13-4-2-3-5-17(13)15/h2-5,7-8,11,15,19-20H,6,9-10,12H2,1H3. The molecule has 0 amide bonds. The first kappa shape index (κ1) is 12.9. The summed E-state index contributed by atoms with van der Waals surface area (Å²) >= 11 is 0. The Hall–Kier alpha value is -1.80. The van der Waals surface area contributed by atoms with Crippen LogP contribution in [-0.2, 0) is 12.8 Å². The molecule has 4 rings (SSSR count). The summed E-state index contributed by atoms with van der Waals surface area (Å²) in [7, 11) is 2.04. The molecule has 0 aromatic heterocycles. The van der Waals surface area contributed by atoms with Crippen LogP contribution in [0.5, 0.6) is 5.75 Å². The summed E-state index contributed by atoms with van der Waals surface area (Å²) in [5.74, 6) is 1.59. The highest BCUT2D eigenvalue weighted by molar-refractivity contribution is 5.42. The van der Waals surface area contributed by atoms with Gasteiger partial charge in [0.2, 0.25) is 0 Å². The van der Waals surface area contributed by atoms with Crippen molar-refractivity contribution in [1.82, 2.24) is 5.32 Å². The van der Waals surface area contributed by atoms with Gasteiger partial charge in [-0.25, -0.2) is 0 Å². The van der Waals surface area contributed by atoms with E-state index in [1.165, 1.54) is 28.7 Å². The van der Waals surface area contributed by atoms with Gasteiger partial charge >= 0.3 is 0 Å². The third-order valence-electron chi connectivity index (χ3n) is 4.95. The van der Waals surface area contributed by atoms with Crippen molar-refractivity contribution in [2.75, 3.05) is 13.7 Å². The summed E-state index contributed by atoms with van der Waals surface area (Å²) in [6.45, 7) is 0.797. The second kappa shape index (κ2) is 5.19. The van der Waals surface area contributed by atoms with Crippen LogP contribution in [0.3, 0.4) is 0 Å². The lowest BCUT2D eigenvalue weighted by Gasteiger charge is -2.29. The lowest BCUT2D eigenvalue weighted by molar-refractivity contribution is 0.275. The van der Waals surface area contributed by atoms with Crippen molar-refractivity contribution in [1.29, 1.82) is 0 Å². The highest BCUT2D eigenvalue weighted by atomic mass is 16.5. The zero-order valence-electron chi connectivity index (χ0n) is 12.4. The van der Waals surface area contributed by atoms with E-state index in [0.717, 1.165) is 25.2 Å². The van der Waals surface area contributed by atoms with Crippen molar-refractivity contribution in [3.8, 4) is 5.75 Å². The maximum Gasteiger partial charge on any atom is 0.119 e. The highest BCUT2D eigenvalue weighted by Crippen LogP contribution is 2.36. The summed E-state index contributed by atoms with van der Waals surface area (Å²) in [4.78, 5) is 0. The molecule has 0 aliphatic heterocycles. The Labute approximate surface area is 126 Å². The number of benzene rings is 2. The molecule has 1 N–H and O–H groups in total. The molecular formula is C19H21NO. The molecule has 0 bridgehead atoms. The van der Waals surface area contributed by atoms with Gasteiger partial charge in [0.25, 0.3) is 0 Å². The molecule has 21 heavy (non-hydrogen) atoms. The summed E-state index contributed by atoms with van der Waals surface area (Å²) < 4.78 is 6.04. The first-order chi connectivity index (χ1) is 10.3. The summed E-state index contributed by atoms with van der Waals surface area (Å²) in [5.41, 5.74) is 5.84. The minimum absolute atomic E-state index is 0.521. The number of rotatable bonds is 4. The van der Waals surface area contributed by atoms with Crippen LogP contribution >= 0.6 is 0 Å². The minimum atomic E-state index is 0.521. The van der Waals surface area contributed by atoms with Crippen LogP contribution < -0.4 is 10.1 Å². The molecule has 2 aromatic rings. The summed E-state index contributed by atoms with van der Waals surface area (Å²) in [5, 5.41) is 3.38. The normalized spacial score (nSPS) is 22.3. The van der Waals surface area contributed by atoms with Crippen LogP contribution in [0.4, 0.5) is 0 Å². The van der Waals surface area contributed by atoms with Crippen molar-refractivity contribution >= 4 is 0 Å². The Morgan fingerprint density at radius 3 is 2.86 bits per heavy atom. The predicted octanol–water partition coefficient (Wildman–Crippen LogP) is 3.61. The third kappa shape index (κ3) is 2.24. The van der Waals surface area contributed by atoms with Gasteiger partial charge in [-0.3, -0.25) is 0 Å². The van der Waals surface area contributed by atoms with E-state index < -0.39 is 0 Å². The molecule has 2 aromatic carbocycles. The molecule has 0 radical (unpaired) electrons. The van der Waals surface area contributed by atoms with Crippen LogP contribution in [-0.4, -0.2) is 13.7 Å². The predicted molar refractivity (Wildman–Crippen MR) is 84.9 cm³/mol. The molecule has 2 atom stereocenters. The van der Waals surface area contributed by atoms with E-state index in [-0.39, 0.29) is 0 Å². The average molecular weight is 279 g/mol. The summed E-state index contributed by atoms with van der Waals surface area (Å²) in [6.07, 6.45) is 3.51. The van der Waals surface area contributed by atoms with Crippen molar-refractivity contribution in [2.24, 2.45) is 0 Å². The Bertz CT molecular complexity index is 664. The Morgan fingerprint density at radius 1 is 1.10 bits per heavy atom. The van der Waals surface area contributed by atoms with Gasteiger partial charge < -0.3 is 10.1 Å². The molecule has 0 heterocycles. The van der Waals surface area contributed by atoms with E-state index in [0.29, 0.717) is 12.0 Å². The van der Waals surface area contributed by atoms with Gasteiger partial charge in [0.05, 0.1) is 6.61 Å². The quantitative estimate of drug-likeness (QED) is 0.923. The van der Waals surface area contributed by atoms with Crippen LogP contribution in [0.1, 0.15) is 40.6 Å². The highest BCUT2D eigenvalue weighted by Gasteiger charge is 2.26. The third-order valence-corrected chi connectivity index (χ3v) is 4.95. The molecule has 2 aliphatic carbocycles. The molecule has 2 aliphatic rings. The molecule has 2 heteroatoms. The topological polar surface area (TPSA) is 21.3 Å². The minimum Gasteiger partial charge on any atom is -0.493 e. The van der Waals surface area contributed by atoms with E-state index >= 15 is 0 Å². The van der Waals surface area contributed by atoms with E-state index in [1.54, 1.807) is 0 Å². The van der Waals surface area contributed by atoms with Crippen molar-refractivity contribution in [3.63, 3.8) is 0 Å². The Morgan fingerprint density at radius 2 is 2.00 bits per heavy atom. The second-order valence-electron chi connectivity index (χ2n) is 6.15. The Balaban J connectivity index is 1.43. The van der Waals surface area contributed by atoms with Crippen LogP contribution in [0.25, 0.3) is 0 Å². The van der Waals surface area contributed by atoms with Crippen LogP contribution in [0.2, 0.25) is 0 Å². The SMILES string of the molecule is CNC1CCc2cc(OCC3Cc4ccccc43)ccc21. The fourth-order valence-electron chi connectivity index (χ4n) is 3.69. The number of hydrogen-bond donors (Lipinski definition) is 1. The molecule has 108 valence electrons. The second-order valence-corrected chi connectivity index (χ2v) is 6.15. The Kier molecular flexibility index (Phi) is 3.19. The lowest BCUT2D eigenvalue weighted by atomic mass is 9.78. The fraction of sp³-hybridized carbons (Fsp3) is 0.368. The van der Waals surface area contributed by atoms with Gasteiger partial charge in [0.1, 0.15) is 5.75 Å². The van der Waals surface area contributed by atoms with E-state index in [9.17, 15) is 0 Å². The van der Waals surface area contributed by atoms with Crippen LogP contribution in [0.15, 0.2) is 42.5 Å². The number of nitrogens with one attached hydrogen (secondary N) is 1. The smallest absolute Gasteiger partial charge is 0.119 e. The van der Waals surface area contributed by atoms with Gasteiger partial charge in [-0.05, 0) is 60.7 Å². The molecular weight excluding hydrogens is 258 g/mol. The van der Waals surface area contributed by atoms with E-state index in [2.05, 4.69) is 47.8 Å². The molecule has 0 fully saturated rings. The molecule has 2 unspecified atom stereocenters. The van der Waals surface area contributed by atoms with Gasteiger partial charge in [-0.2, -0.15) is 0 Å². The number of aryl methyl sites for hydroxylation is 1. The largest absolute Gasteiger partial charge is 0.493 e. The van der Waals surface area contributed by atoms with Gasteiger partial charge in [0, 0.05) is 12.0 Å². The number of hydrogen-bond acceptors (Lipinski definition) is 2. The maximum atomic E-state index is 6.04. The van der Waals surface area contributed by atoms with Crippen molar-refractivity contribution in [2.45, 2.75) is 31.2 Å². The van der Waals surface area contributed by atoms with E-state index in [4.69, 9.17) is 4.74 Å². The fourth-order valence-corrected chi connectivity index (χ4v) is 3.69. The van der Waals surface area contributed by atoms with Gasteiger partial charge in [0.15, 0.2) is 0 Å². The number of fused-ring (bicyclic) bond motifs is 2. The molecule has 0 saturated carbocycles. The van der Waals surface area contributed by atoms with Gasteiger partial charge in [-0.15, -0.1) is 0 Å². The number of ether oxygens (including phenoxy) is 1. The lowest BCUT2D eigenvalue weighted by Crippen LogP contribution is -2.23. The monoisotopic (exact) mass is 279 g/mol. The van der Waals surface area contributed by atoms with E-state index in [1.807, 2.05) is 7.05 Å². The van der Waals surface area contributed by atoms with Crippen molar-refractivity contribution in [3.05, 3.63) is 64.7 Å². The zero-order valence-corrected chi connectivity index (χ0v) is 12.4. The molecule has 2 nitrogen and oxygen atoms in total.